The van der Waals surface area contributed by atoms with E-state index in [1.54, 1.807) is 20.3 Å². The molecule has 0 radical (unpaired) electrons. The number of benzene rings is 2. The van der Waals surface area contributed by atoms with E-state index in [2.05, 4.69) is 26.1 Å². The Morgan fingerprint density at radius 1 is 1.00 bits per heavy atom. The lowest BCUT2D eigenvalue weighted by molar-refractivity contribution is -0.118. The minimum Gasteiger partial charge on any atom is -0.495 e. The Labute approximate surface area is 167 Å². The largest absolute Gasteiger partial charge is 0.495 e. The first-order chi connectivity index (χ1) is 13.3. The van der Waals surface area contributed by atoms with E-state index < -0.39 is 0 Å². The zero-order chi connectivity index (χ0) is 20.7. The Hall–Kier alpha value is -2.95. The molecule has 28 heavy (non-hydrogen) atoms. The predicted octanol–water partition coefficient (Wildman–Crippen LogP) is 5.05. The summed E-state index contributed by atoms with van der Waals surface area (Å²) in [5.41, 5.74) is 2.69. The summed E-state index contributed by atoms with van der Waals surface area (Å²) in [6.07, 6.45) is 3.91. The van der Waals surface area contributed by atoms with Crippen molar-refractivity contribution in [3.63, 3.8) is 0 Å². The van der Waals surface area contributed by atoms with Crippen LogP contribution < -0.4 is 19.5 Å². The molecule has 2 aromatic carbocycles. The molecule has 0 heterocycles. The molecule has 0 spiro atoms. The van der Waals surface area contributed by atoms with E-state index in [1.807, 2.05) is 49.4 Å². The fourth-order valence-corrected chi connectivity index (χ4v) is 2.70. The number of ether oxygens (including phenoxy) is 3. The molecule has 0 atom stereocenters. The third-order valence-electron chi connectivity index (χ3n) is 4.25. The molecular weight excluding hydrogens is 354 g/mol. The topological polar surface area (TPSA) is 56.8 Å². The fourth-order valence-electron chi connectivity index (χ4n) is 2.70. The van der Waals surface area contributed by atoms with Gasteiger partial charge in [0.15, 0.2) is 18.1 Å². The van der Waals surface area contributed by atoms with Gasteiger partial charge < -0.3 is 19.5 Å². The summed E-state index contributed by atoms with van der Waals surface area (Å²) in [7, 11) is 3.15. The van der Waals surface area contributed by atoms with Crippen LogP contribution in [0.4, 0.5) is 5.69 Å². The number of rotatable bonds is 7. The van der Waals surface area contributed by atoms with Gasteiger partial charge in [-0.05, 0) is 47.7 Å². The highest BCUT2D eigenvalue weighted by Crippen LogP contribution is 2.32. The molecule has 1 N–H and O–H groups in total. The maximum Gasteiger partial charge on any atom is 0.262 e. The molecule has 0 aliphatic carbocycles. The molecular formula is C23H29NO4. The lowest BCUT2D eigenvalue weighted by Crippen LogP contribution is -2.21. The number of allylic oxidation sites excluding steroid dienone is 1. The standard InChI is InChI=1S/C23H29NO4/c1-7-8-16-9-11-20(21(13-16)27-6)28-15-22(25)24-18-14-17(23(2,3)4)10-12-19(18)26-5/h7-14H,15H2,1-6H3,(H,24,25)/b8-7+. The Morgan fingerprint density at radius 2 is 1.68 bits per heavy atom. The molecule has 1 amide bonds. The molecule has 5 heteroatoms. The van der Waals surface area contributed by atoms with Crippen LogP contribution in [0.5, 0.6) is 17.2 Å². The minimum absolute atomic E-state index is 0.0374. The molecule has 0 unspecified atom stereocenters. The molecule has 0 aromatic heterocycles. The van der Waals surface area contributed by atoms with Gasteiger partial charge in [0.05, 0.1) is 19.9 Å². The Balaban J connectivity index is 2.11. The van der Waals surface area contributed by atoms with E-state index in [1.165, 1.54) is 0 Å². The van der Waals surface area contributed by atoms with Crippen LogP contribution in [0.3, 0.4) is 0 Å². The zero-order valence-electron chi connectivity index (χ0n) is 17.5. The molecule has 0 saturated carbocycles. The maximum atomic E-state index is 12.4. The normalized spacial score (nSPS) is 11.4. The first-order valence-corrected chi connectivity index (χ1v) is 9.20. The quantitative estimate of drug-likeness (QED) is 0.727. The summed E-state index contributed by atoms with van der Waals surface area (Å²) < 4.78 is 16.4. The van der Waals surface area contributed by atoms with Crippen molar-refractivity contribution in [2.75, 3.05) is 26.1 Å². The number of hydrogen-bond donors (Lipinski definition) is 1. The third kappa shape index (κ3) is 5.52. The Kier molecular flexibility index (Phi) is 7.10. The average molecular weight is 383 g/mol. The van der Waals surface area contributed by atoms with Gasteiger partial charge in [-0.2, -0.15) is 0 Å². The van der Waals surface area contributed by atoms with Crippen LogP contribution in [-0.2, 0) is 10.2 Å². The van der Waals surface area contributed by atoms with Crippen molar-refractivity contribution in [1.29, 1.82) is 0 Å². The van der Waals surface area contributed by atoms with Crippen LogP contribution in [0, 0.1) is 0 Å². The Morgan fingerprint density at radius 3 is 2.29 bits per heavy atom. The smallest absolute Gasteiger partial charge is 0.262 e. The van der Waals surface area contributed by atoms with E-state index >= 15 is 0 Å². The number of nitrogens with one attached hydrogen (secondary N) is 1. The van der Waals surface area contributed by atoms with Crippen LogP contribution in [0.15, 0.2) is 42.5 Å². The van der Waals surface area contributed by atoms with E-state index in [0.29, 0.717) is 22.9 Å². The number of amides is 1. The molecule has 2 aromatic rings. The molecule has 0 aliphatic rings. The lowest BCUT2D eigenvalue weighted by atomic mass is 9.87. The van der Waals surface area contributed by atoms with Crippen molar-refractivity contribution < 1.29 is 19.0 Å². The van der Waals surface area contributed by atoms with Gasteiger partial charge in [0.2, 0.25) is 0 Å². The van der Waals surface area contributed by atoms with E-state index in [4.69, 9.17) is 14.2 Å². The van der Waals surface area contributed by atoms with Crippen LogP contribution >= 0.6 is 0 Å². The van der Waals surface area contributed by atoms with Crippen molar-refractivity contribution in [2.45, 2.75) is 33.1 Å². The molecule has 0 aliphatic heterocycles. The van der Waals surface area contributed by atoms with Gasteiger partial charge in [-0.1, -0.05) is 45.1 Å². The van der Waals surface area contributed by atoms with Gasteiger partial charge in [0.25, 0.3) is 5.91 Å². The summed E-state index contributed by atoms with van der Waals surface area (Å²) in [5.74, 6) is 1.43. The molecule has 0 saturated heterocycles. The Bertz CT molecular complexity index is 850. The average Bonchev–Trinajstić information content (AvgIpc) is 2.66. The third-order valence-corrected chi connectivity index (χ3v) is 4.25. The molecule has 0 bridgehead atoms. The number of hydrogen-bond acceptors (Lipinski definition) is 4. The van der Waals surface area contributed by atoms with Crippen molar-refractivity contribution in [2.24, 2.45) is 0 Å². The monoisotopic (exact) mass is 383 g/mol. The van der Waals surface area contributed by atoms with Crippen molar-refractivity contribution in [1.82, 2.24) is 0 Å². The van der Waals surface area contributed by atoms with Crippen molar-refractivity contribution in [3.05, 3.63) is 53.6 Å². The maximum absolute atomic E-state index is 12.4. The van der Waals surface area contributed by atoms with Crippen molar-refractivity contribution in [3.8, 4) is 17.2 Å². The summed E-state index contributed by atoms with van der Waals surface area (Å²) >= 11 is 0. The first-order valence-electron chi connectivity index (χ1n) is 9.20. The fraction of sp³-hybridized carbons (Fsp3) is 0.348. The zero-order valence-corrected chi connectivity index (χ0v) is 17.5. The summed E-state index contributed by atoms with van der Waals surface area (Å²) in [4.78, 5) is 12.4. The van der Waals surface area contributed by atoms with Crippen molar-refractivity contribution >= 4 is 17.7 Å². The highest BCUT2D eigenvalue weighted by molar-refractivity contribution is 5.93. The second-order valence-corrected chi connectivity index (χ2v) is 7.41. The highest BCUT2D eigenvalue weighted by Gasteiger charge is 2.17. The predicted molar refractivity (Wildman–Crippen MR) is 114 cm³/mol. The van der Waals surface area contributed by atoms with Crippen LogP contribution in [0.25, 0.3) is 6.08 Å². The number of anilines is 1. The summed E-state index contributed by atoms with van der Waals surface area (Å²) in [6.45, 7) is 8.17. The van der Waals surface area contributed by atoms with E-state index in [9.17, 15) is 4.79 Å². The van der Waals surface area contributed by atoms with Gasteiger partial charge >= 0.3 is 0 Å². The SMILES string of the molecule is C/C=C/c1ccc(OCC(=O)Nc2cc(C(C)(C)C)ccc2OC)c(OC)c1. The van der Waals surface area contributed by atoms with Gasteiger partial charge in [0.1, 0.15) is 5.75 Å². The molecule has 0 fully saturated rings. The number of carbonyl (C=O) groups excluding carboxylic acids is 1. The van der Waals surface area contributed by atoms with Gasteiger partial charge in [-0.3, -0.25) is 4.79 Å². The highest BCUT2D eigenvalue weighted by atomic mass is 16.5. The van der Waals surface area contributed by atoms with Gasteiger partial charge in [0, 0.05) is 0 Å². The van der Waals surface area contributed by atoms with E-state index in [-0.39, 0.29) is 17.9 Å². The molecule has 2 rings (SSSR count). The minimum atomic E-state index is -0.274. The van der Waals surface area contributed by atoms with Crippen LogP contribution in [0.2, 0.25) is 0 Å². The van der Waals surface area contributed by atoms with Crippen LogP contribution in [0.1, 0.15) is 38.8 Å². The summed E-state index contributed by atoms with van der Waals surface area (Å²) in [5, 5.41) is 2.87. The number of carbonyl (C=O) groups is 1. The lowest BCUT2D eigenvalue weighted by Gasteiger charge is -2.21. The van der Waals surface area contributed by atoms with Gasteiger partial charge in [-0.25, -0.2) is 0 Å². The number of methoxy groups -OCH3 is 2. The van der Waals surface area contributed by atoms with E-state index in [0.717, 1.165) is 11.1 Å². The second kappa shape index (κ2) is 9.31. The summed E-state index contributed by atoms with van der Waals surface area (Å²) in [6, 6.07) is 11.4. The first kappa shape index (κ1) is 21.4. The molecule has 5 nitrogen and oxygen atoms in total. The second-order valence-electron chi connectivity index (χ2n) is 7.41. The molecule has 150 valence electrons. The van der Waals surface area contributed by atoms with Crippen LogP contribution in [-0.4, -0.2) is 26.7 Å². The van der Waals surface area contributed by atoms with Gasteiger partial charge in [-0.15, -0.1) is 0 Å².